The Morgan fingerprint density at radius 2 is 1.96 bits per heavy atom. The van der Waals surface area contributed by atoms with E-state index in [4.69, 9.17) is 25.8 Å². The van der Waals surface area contributed by atoms with Crippen LogP contribution in [-0.2, 0) is 11.3 Å². The van der Waals surface area contributed by atoms with Gasteiger partial charge < -0.3 is 14.2 Å². The third kappa shape index (κ3) is 2.74. The molecule has 0 spiro atoms. The van der Waals surface area contributed by atoms with Crippen molar-refractivity contribution in [1.82, 2.24) is 4.98 Å². The molecule has 0 unspecified atom stereocenters. The number of pyridine rings is 1. The highest BCUT2D eigenvalue weighted by Gasteiger charge is 2.17. The van der Waals surface area contributed by atoms with Crippen molar-refractivity contribution in [1.29, 1.82) is 0 Å². The highest BCUT2D eigenvalue weighted by molar-refractivity contribution is 6.30. The fourth-order valence-electron chi connectivity index (χ4n) is 2.49. The summed E-state index contributed by atoms with van der Waals surface area (Å²) in [6.07, 6.45) is 0. The molecule has 2 heterocycles. The molecule has 120 valence electrons. The van der Waals surface area contributed by atoms with E-state index in [2.05, 4.69) is 4.98 Å². The van der Waals surface area contributed by atoms with E-state index in [9.17, 15) is 4.79 Å². The smallest absolute Gasteiger partial charge is 0.338 e. The maximum atomic E-state index is 12.2. The Hall–Kier alpha value is -2.79. The first-order chi connectivity index (χ1) is 11.7. The highest BCUT2D eigenvalue weighted by atomic mass is 35.5. The van der Waals surface area contributed by atoms with Crippen LogP contribution in [0.25, 0.3) is 10.9 Å². The van der Waals surface area contributed by atoms with Gasteiger partial charge in [0.05, 0.1) is 11.1 Å². The van der Waals surface area contributed by atoms with Gasteiger partial charge in [-0.1, -0.05) is 29.8 Å². The zero-order chi connectivity index (χ0) is 16.5. The van der Waals surface area contributed by atoms with Crippen molar-refractivity contribution in [2.24, 2.45) is 0 Å². The first kappa shape index (κ1) is 14.8. The minimum Gasteiger partial charge on any atom is -0.457 e. The van der Waals surface area contributed by atoms with Crippen LogP contribution in [0.2, 0.25) is 5.15 Å². The van der Waals surface area contributed by atoms with Crippen molar-refractivity contribution in [2.75, 3.05) is 6.79 Å². The highest BCUT2D eigenvalue weighted by Crippen LogP contribution is 2.32. The molecule has 0 bridgehead atoms. The zero-order valence-electron chi connectivity index (χ0n) is 12.5. The molecule has 4 rings (SSSR count). The van der Waals surface area contributed by atoms with Crippen molar-refractivity contribution in [3.05, 3.63) is 64.8 Å². The fourth-order valence-corrected chi connectivity index (χ4v) is 2.69. The number of benzene rings is 2. The van der Waals surface area contributed by atoms with Crippen molar-refractivity contribution >= 4 is 28.5 Å². The minimum absolute atomic E-state index is 0.0456. The number of fused-ring (bicyclic) bond motifs is 2. The molecule has 6 heteroatoms. The number of hydrogen-bond donors (Lipinski definition) is 0. The van der Waals surface area contributed by atoms with E-state index in [1.54, 1.807) is 18.2 Å². The molecule has 0 atom stereocenters. The number of hydrogen-bond acceptors (Lipinski definition) is 5. The third-order valence-electron chi connectivity index (χ3n) is 3.72. The first-order valence-corrected chi connectivity index (χ1v) is 7.69. The first-order valence-electron chi connectivity index (χ1n) is 7.32. The number of rotatable bonds is 3. The lowest BCUT2D eigenvalue weighted by Crippen LogP contribution is -2.06. The average Bonchev–Trinajstić information content (AvgIpc) is 3.07. The Kier molecular flexibility index (Phi) is 3.70. The predicted molar refractivity (Wildman–Crippen MR) is 88.4 cm³/mol. The number of esters is 1. The summed E-state index contributed by atoms with van der Waals surface area (Å²) < 4.78 is 15.8. The quantitative estimate of drug-likeness (QED) is 0.533. The molecule has 1 aliphatic heterocycles. The second kappa shape index (κ2) is 6.02. The van der Waals surface area contributed by atoms with E-state index < -0.39 is 5.97 Å². The molecule has 0 saturated carbocycles. The fraction of sp³-hybridized carbons (Fsp3) is 0.111. The molecule has 0 amide bonds. The second-order valence-electron chi connectivity index (χ2n) is 5.28. The molecule has 3 aromatic rings. The number of para-hydroxylation sites is 1. The molecule has 1 aromatic heterocycles. The van der Waals surface area contributed by atoms with Crippen LogP contribution in [0, 0.1) is 0 Å². The summed E-state index contributed by atoms with van der Waals surface area (Å²) in [6.45, 7) is 0.205. The Labute approximate surface area is 142 Å². The summed E-state index contributed by atoms with van der Waals surface area (Å²) in [6, 6.07) is 14.4. The lowest BCUT2D eigenvalue weighted by atomic mass is 10.1. The van der Waals surface area contributed by atoms with E-state index in [1.807, 2.05) is 30.3 Å². The van der Waals surface area contributed by atoms with Gasteiger partial charge in [0.15, 0.2) is 11.5 Å². The minimum atomic E-state index is -0.461. The maximum absolute atomic E-state index is 12.2. The monoisotopic (exact) mass is 341 g/mol. The molecule has 0 fully saturated rings. The van der Waals surface area contributed by atoms with Crippen LogP contribution in [-0.4, -0.2) is 17.7 Å². The van der Waals surface area contributed by atoms with Gasteiger partial charge in [0.2, 0.25) is 6.79 Å². The van der Waals surface area contributed by atoms with Crippen molar-refractivity contribution in [3.63, 3.8) is 0 Å². The Balaban J connectivity index is 1.52. The summed E-state index contributed by atoms with van der Waals surface area (Å²) in [4.78, 5) is 16.5. The number of aromatic nitrogens is 1. The van der Waals surface area contributed by atoms with Gasteiger partial charge in [-0.05, 0) is 30.3 Å². The number of carbonyl (C=O) groups excluding carboxylic acids is 1. The van der Waals surface area contributed by atoms with Crippen LogP contribution in [0.4, 0.5) is 0 Å². The molecule has 0 aliphatic carbocycles. The third-order valence-corrected chi connectivity index (χ3v) is 4.04. The van der Waals surface area contributed by atoms with Crippen LogP contribution in [0.5, 0.6) is 11.5 Å². The molecule has 1 aliphatic rings. The number of halogens is 1. The van der Waals surface area contributed by atoms with Gasteiger partial charge in [-0.25, -0.2) is 9.78 Å². The second-order valence-corrected chi connectivity index (χ2v) is 5.63. The van der Waals surface area contributed by atoms with E-state index in [1.165, 1.54) is 0 Å². The molecule has 0 saturated heterocycles. The number of nitrogens with zero attached hydrogens (tertiary/aromatic N) is 1. The zero-order valence-corrected chi connectivity index (χ0v) is 13.2. The summed E-state index contributed by atoms with van der Waals surface area (Å²) in [5, 5.41) is 1.27. The van der Waals surface area contributed by atoms with Crippen molar-refractivity contribution < 1.29 is 19.0 Å². The van der Waals surface area contributed by atoms with Crippen molar-refractivity contribution in [3.8, 4) is 11.5 Å². The average molecular weight is 342 g/mol. The van der Waals surface area contributed by atoms with E-state index in [-0.39, 0.29) is 13.4 Å². The lowest BCUT2D eigenvalue weighted by Gasteiger charge is -2.08. The van der Waals surface area contributed by atoms with Crippen molar-refractivity contribution in [2.45, 2.75) is 6.61 Å². The van der Waals surface area contributed by atoms with E-state index in [0.717, 1.165) is 10.9 Å². The number of carbonyl (C=O) groups is 1. The van der Waals surface area contributed by atoms with Crippen LogP contribution >= 0.6 is 11.6 Å². The molecule has 0 N–H and O–H groups in total. The van der Waals surface area contributed by atoms with E-state index in [0.29, 0.717) is 27.8 Å². The van der Waals surface area contributed by atoms with Gasteiger partial charge in [0, 0.05) is 10.9 Å². The van der Waals surface area contributed by atoms with E-state index >= 15 is 0 Å². The summed E-state index contributed by atoms with van der Waals surface area (Å²) in [5.41, 5.74) is 1.85. The largest absolute Gasteiger partial charge is 0.457 e. The summed E-state index contributed by atoms with van der Waals surface area (Å²) in [5.74, 6) is 0.695. The number of ether oxygens (including phenoxy) is 3. The summed E-state index contributed by atoms with van der Waals surface area (Å²) >= 11 is 6.17. The topological polar surface area (TPSA) is 57.7 Å². The Morgan fingerprint density at radius 1 is 1.12 bits per heavy atom. The maximum Gasteiger partial charge on any atom is 0.338 e. The van der Waals surface area contributed by atoms with Crippen LogP contribution in [0.15, 0.2) is 48.5 Å². The molecule has 0 radical (unpaired) electrons. The Morgan fingerprint density at radius 3 is 2.88 bits per heavy atom. The van der Waals surface area contributed by atoms with Crippen LogP contribution in [0.1, 0.15) is 15.9 Å². The van der Waals surface area contributed by atoms with Gasteiger partial charge >= 0.3 is 5.97 Å². The predicted octanol–water partition coefficient (Wildman–Crippen LogP) is 3.97. The van der Waals surface area contributed by atoms with Gasteiger partial charge in [0.25, 0.3) is 0 Å². The van der Waals surface area contributed by atoms with Gasteiger partial charge in [-0.15, -0.1) is 0 Å². The summed E-state index contributed by atoms with van der Waals surface area (Å²) in [7, 11) is 0. The van der Waals surface area contributed by atoms with Crippen LogP contribution in [0.3, 0.4) is 0 Å². The molecule has 2 aromatic carbocycles. The standard InChI is InChI=1S/C18H12ClNO4/c19-17-13(7-11-3-1-2-4-14(11)20-17)9-22-18(21)12-5-6-15-16(8-12)24-10-23-15/h1-8H,9-10H2. The normalized spacial score (nSPS) is 12.4. The van der Waals surface area contributed by atoms with Gasteiger partial charge in [-0.3, -0.25) is 0 Å². The molecular formula is C18H12ClNO4. The lowest BCUT2D eigenvalue weighted by molar-refractivity contribution is 0.0472. The van der Waals surface area contributed by atoms with Gasteiger partial charge in [-0.2, -0.15) is 0 Å². The molecular weight excluding hydrogens is 330 g/mol. The van der Waals surface area contributed by atoms with Crippen LogP contribution < -0.4 is 9.47 Å². The SMILES string of the molecule is O=C(OCc1cc2ccccc2nc1Cl)c1ccc2c(c1)OCO2. The molecule has 5 nitrogen and oxygen atoms in total. The Bertz CT molecular complexity index is 941. The molecule has 24 heavy (non-hydrogen) atoms. The van der Waals surface area contributed by atoms with Gasteiger partial charge in [0.1, 0.15) is 11.8 Å².